The molecule has 0 saturated carbocycles. The number of nitrogens with one attached hydrogen (secondary N) is 2. The molecule has 46 heavy (non-hydrogen) atoms. The van der Waals surface area contributed by atoms with Gasteiger partial charge in [0.1, 0.15) is 0 Å². The second-order valence-corrected chi connectivity index (χ2v) is 11.7. The minimum atomic E-state index is -0.303. The van der Waals surface area contributed by atoms with Crippen LogP contribution in [0.3, 0.4) is 0 Å². The fourth-order valence-electron chi connectivity index (χ4n) is 6.36. The van der Waals surface area contributed by atoms with Crippen molar-refractivity contribution in [3.05, 3.63) is 69.3 Å². The molecular weight excluding hydrogens is 584 g/mol. The van der Waals surface area contributed by atoms with Gasteiger partial charge in [-0.3, -0.25) is 14.4 Å². The molecule has 0 aliphatic carbocycles. The minimum absolute atomic E-state index is 0.0871. The zero-order valence-electron chi connectivity index (χ0n) is 27.7. The van der Waals surface area contributed by atoms with Crippen LogP contribution < -0.4 is 0 Å². The van der Waals surface area contributed by atoms with Crippen molar-refractivity contribution >= 4 is 61.9 Å². The van der Waals surface area contributed by atoms with E-state index in [-0.39, 0.29) is 24.0 Å². The van der Waals surface area contributed by atoms with E-state index in [0.29, 0.717) is 58.7 Å². The average Bonchev–Trinajstić information content (AvgIpc) is 3.67. The van der Waals surface area contributed by atoms with Crippen LogP contribution in [0.1, 0.15) is 96.8 Å². The highest BCUT2D eigenvalue weighted by Crippen LogP contribution is 2.36. The van der Waals surface area contributed by atoms with Gasteiger partial charge < -0.3 is 14.7 Å². The number of methoxy groups -OCH3 is 1. The molecule has 2 N–H and O–H groups in total. The Kier molecular flexibility index (Phi) is 9.50. The number of carbonyl (C=O) groups is 3. The maximum atomic E-state index is 12.9. The first-order valence-electron chi connectivity index (χ1n) is 15.4. The number of rotatable bonds is 10. The smallest absolute Gasteiger partial charge is 0.305 e. The molecule has 8 bridgehead atoms. The lowest BCUT2D eigenvalue weighted by Gasteiger charge is -2.05. The highest BCUT2D eigenvalue weighted by atomic mass is 17.2. The van der Waals surface area contributed by atoms with E-state index in [2.05, 4.69) is 16.9 Å². The third-order valence-corrected chi connectivity index (χ3v) is 8.82. The number of allylic oxidation sites excluding steroid dienone is 4. The van der Waals surface area contributed by atoms with Crippen molar-refractivity contribution in [1.82, 2.24) is 19.9 Å². The molecule has 10 nitrogen and oxygen atoms in total. The monoisotopic (exact) mass is 624 g/mol. The van der Waals surface area contributed by atoms with Crippen LogP contribution in [0.15, 0.2) is 24.3 Å². The Labute approximate surface area is 267 Å². The number of carbonyl (C=O) groups excluding carboxylic acids is 3. The summed E-state index contributed by atoms with van der Waals surface area (Å²) in [5, 5.41) is 0. The van der Waals surface area contributed by atoms with E-state index in [1.54, 1.807) is 6.92 Å². The largest absolute Gasteiger partial charge is 0.469 e. The molecule has 0 spiro atoms. The molecule has 5 heterocycles. The summed E-state index contributed by atoms with van der Waals surface area (Å²) in [5.41, 5.74) is 12.3. The van der Waals surface area contributed by atoms with Crippen LogP contribution in [-0.4, -0.2) is 58.3 Å². The fraction of sp³-hybridized carbons (Fsp3) is 0.361. The molecule has 0 atom stereocenters. The maximum Gasteiger partial charge on any atom is 0.305 e. The van der Waals surface area contributed by atoms with Gasteiger partial charge in [0, 0.05) is 34.1 Å². The van der Waals surface area contributed by atoms with E-state index in [0.717, 1.165) is 56.6 Å². The number of hydrogen-bond donors (Lipinski definition) is 2. The number of ketones is 2. The van der Waals surface area contributed by atoms with Crippen molar-refractivity contribution in [2.24, 2.45) is 0 Å². The second-order valence-electron chi connectivity index (χ2n) is 11.7. The van der Waals surface area contributed by atoms with Crippen LogP contribution in [0, 0.1) is 13.8 Å². The van der Waals surface area contributed by atoms with Gasteiger partial charge in [0.15, 0.2) is 11.6 Å². The molecule has 0 radical (unpaired) electrons. The van der Waals surface area contributed by atoms with Crippen molar-refractivity contribution in [1.29, 1.82) is 0 Å². The molecule has 0 aromatic carbocycles. The molecule has 0 amide bonds. The fourth-order valence-corrected chi connectivity index (χ4v) is 6.36. The van der Waals surface area contributed by atoms with Crippen molar-refractivity contribution in [3.63, 3.8) is 0 Å². The lowest BCUT2D eigenvalue weighted by molar-refractivity contribution is -0.272. The van der Waals surface area contributed by atoms with Gasteiger partial charge in [0.05, 0.1) is 49.1 Å². The molecule has 240 valence electrons. The number of aromatic nitrogens is 4. The molecule has 0 saturated heterocycles. The predicted octanol–water partition coefficient (Wildman–Crippen LogP) is 7.05. The van der Waals surface area contributed by atoms with Crippen LogP contribution in [0.5, 0.6) is 0 Å². The average molecular weight is 625 g/mol. The summed E-state index contributed by atoms with van der Waals surface area (Å²) in [6, 6.07) is 7.71. The van der Waals surface area contributed by atoms with Gasteiger partial charge in [0.2, 0.25) is 0 Å². The molecule has 10 heteroatoms. The lowest BCUT2D eigenvalue weighted by atomic mass is 10.00. The van der Waals surface area contributed by atoms with Crippen LogP contribution >= 0.6 is 0 Å². The highest BCUT2D eigenvalue weighted by Gasteiger charge is 2.23. The van der Waals surface area contributed by atoms with Crippen molar-refractivity contribution in [3.8, 4) is 0 Å². The standard InChI is InChI=1S/C36H40N4O6/c1-18-24(10-9-13-46-45-8)30-17-31-25(11-12-34(43)44-7)19(2)27(38-31)15-32-36(23(6)42)21(4)29(40-32)16-33-35(22(5)41)20(3)28(39-33)14-26(18)37-30/h14-17,37,40H,9-13H2,1-8H3. The number of ether oxygens (including phenoxy) is 1. The topological polar surface area (TPSA) is 136 Å². The maximum absolute atomic E-state index is 12.9. The van der Waals surface area contributed by atoms with Gasteiger partial charge >= 0.3 is 5.97 Å². The number of H-pyrrole nitrogens is 2. The Bertz CT molecular complexity index is 1990. The number of fused-ring (bicyclic) bond motifs is 8. The minimum Gasteiger partial charge on any atom is -0.469 e. The summed E-state index contributed by atoms with van der Waals surface area (Å²) in [7, 11) is 2.87. The number of Topliss-reactive ketones (excluding diaryl/α,β-unsaturated/α-hetero) is 2. The highest BCUT2D eigenvalue weighted by molar-refractivity contribution is 6.27. The summed E-state index contributed by atoms with van der Waals surface area (Å²) < 4.78 is 4.94. The first-order valence-corrected chi connectivity index (χ1v) is 15.4. The second kappa shape index (κ2) is 13.4. The van der Waals surface area contributed by atoms with E-state index in [1.807, 2.05) is 45.0 Å². The van der Waals surface area contributed by atoms with E-state index in [1.165, 1.54) is 21.1 Å². The number of nitrogens with zero attached hydrogens (tertiary/aromatic N) is 2. The van der Waals surface area contributed by atoms with Crippen molar-refractivity contribution in [2.45, 2.75) is 67.2 Å². The van der Waals surface area contributed by atoms with Gasteiger partial charge in [-0.2, -0.15) is 0 Å². The molecular formula is C36H40N4O6. The number of esters is 1. The van der Waals surface area contributed by atoms with Crippen molar-refractivity contribution < 1.29 is 28.9 Å². The Hall–Kier alpha value is -4.67. The van der Waals surface area contributed by atoms with E-state index in [9.17, 15) is 14.4 Å². The van der Waals surface area contributed by atoms with Gasteiger partial charge in [0.25, 0.3) is 0 Å². The van der Waals surface area contributed by atoms with Crippen molar-refractivity contribution in [2.75, 3.05) is 20.8 Å². The quantitative estimate of drug-likeness (QED) is 0.0805. The zero-order valence-corrected chi connectivity index (χ0v) is 27.7. The number of aryl methyl sites for hydroxylation is 3. The molecule has 2 aliphatic rings. The summed E-state index contributed by atoms with van der Waals surface area (Å²) in [6.45, 7) is 11.3. The first kappa shape index (κ1) is 32.7. The Morgan fingerprint density at radius 2 is 1.33 bits per heavy atom. The number of hydrogen-bond acceptors (Lipinski definition) is 8. The Morgan fingerprint density at radius 1 is 0.717 bits per heavy atom. The van der Waals surface area contributed by atoms with Crippen LogP contribution in [0.2, 0.25) is 0 Å². The van der Waals surface area contributed by atoms with Crippen LogP contribution in [-0.2, 0) is 30.5 Å². The third kappa shape index (κ3) is 6.23. The predicted molar refractivity (Wildman–Crippen MR) is 179 cm³/mol. The van der Waals surface area contributed by atoms with Crippen LogP contribution in [0.25, 0.3) is 44.4 Å². The Balaban J connectivity index is 1.90. The normalized spacial score (nSPS) is 13.0. The van der Waals surface area contributed by atoms with Gasteiger partial charge in [-0.1, -0.05) is 0 Å². The first-order chi connectivity index (χ1) is 21.9. The third-order valence-electron chi connectivity index (χ3n) is 8.82. The van der Waals surface area contributed by atoms with Gasteiger partial charge in [-0.25, -0.2) is 19.7 Å². The van der Waals surface area contributed by atoms with E-state index >= 15 is 0 Å². The van der Waals surface area contributed by atoms with Gasteiger partial charge in [-0.05, 0) is 118 Å². The Morgan fingerprint density at radius 3 is 2.00 bits per heavy atom. The van der Waals surface area contributed by atoms with E-state index in [4.69, 9.17) is 24.5 Å². The molecule has 0 unspecified atom stereocenters. The lowest BCUT2D eigenvalue weighted by Crippen LogP contribution is -2.00. The molecule has 3 aromatic rings. The molecule has 5 rings (SSSR count). The number of aromatic amines is 2. The molecule has 2 aliphatic heterocycles. The summed E-state index contributed by atoms with van der Waals surface area (Å²) >= 11 is 0. The zero-order chi connectivity index (χ0) is 33.3. The van der Waals surface area contributed by atoms with Crippen LogP contribution in [0.4, 0.5) is 0 Å². The van der Waals surface area contributed by atoms with Gasteiger partial charge in [-0.15, -0.1) is 0 Å². The molecule has 3 aromatic heterocycles. The molecule has 0 fully saturated rings. The summed E-state index contributed by atoms with van der Waals surface area (Å²) in [4.78, 5) is 64.9. The summed E-state index contributed by atoms with van der Waals surface area (Å²) in [5.74, 6) is -0.485. The van der Waals surface area contributed by atoms with E-state index < -0.39 is 0 Å². The SMILES string of the molecule is COOCCCc1c(C)c2cc3nc(cc4[nH]c(cc5nc(cc1[nH]2)C(CCC(=O)OC)=C5C)c(C(C)=O)c4C)C(C(C)=O)=C3C. The summed E-state index contributed by atoms with van der Waals surface area (Å²) in [6.07, 6.45) is 2.07.